The van der Waals surface area contributed by atoms with E-state index in [0.717, 1.165) is 10.2 Å². The first-order valence-electron chi connectivity index (χ1n) is 3.78. The van der Waals surface area contributed by atoms with Crippen LogP contribution < -0.4 is 0 Å². The number of pyridine rings is 1. The molecule has 0 fully saturated rings. The predicted molar refractivity (Wildman–Crippen MR) is 53.5 cm³/mol. The van der Waals surface area contributed by atoms with Crippen molar-refractivity contribution in [1.82, 2.24) is 4.98 Å². The minimum Gasteiger partial charge on any atom is -0.480 e. The number of rotatable bonds is 1. The van der Waals surface area contributed by atoms with E-state index in [0.29, 0.717) is 5.69 Å². The summed E-state index contributed by atoms with van der Waals surface area (Å²) < 4.78 is 4.79. The molecule has 0 aromatic carbocycles. The molecule has 2 heterocycles. The summed E-state index contributed by atoms with van der Waals surface area (Å²) >= 11 is 1.57. The van der Waals surface area contributed by atoms with Crippen molar-refractivity contribution in [3.63, 3.8) is 0 Å². The number of methoxy groups -OCH3 is 1. The number of ether oxygens (including phenoxy) is 1. The van der Waals surface area contributed by atoms with Gasteiger partial charge in [-0.3, -0.25) is 5.41 Å². The highest BCUT2D eigenvalue weighted by Crippen LogP contribution is 2.18. The Morgan fingerprint density at radius 3 is 3.08 bits per heavy atom. The molecule has 0 aliphatic carbocycles. The van der Waals surface area contributed by atoms with E-state index in [4.69, 9.17) is 10.1 Å². The van der Waals surface area contributed by atoms with Crippen LogP contribution in [0.25, 0.3) is 10.2 Å². The number of hydrogen-bond acceptors (Lipinski definition) is 4. The second-order valence-electron chi connectivity index (χ2n) is 2.54. The molecule has 1 N–H and O–H groups in total. The van der Waals surface area contributed by atoms with Gasteiger partial charge in [-0.05, 0) is 23.6 Å². The maximum Gasteiger partial charge on any atom is 0.232 e. The van der Waals surface area contributed by atoms with Crippen molar-refractivity contribution >= 4 is 27.5 Å². The third-order valence-electron chi connectivity index (χ3n) is 1.75. The number of aromatic nitrogens is 1. The molecule has 0 aliphatic heterocycles. The van der Waals surface area contributed by atoms with Gasteiger partial charge in [-0.1, -0.05) is 0 Å². The molecule has 0 radical (unpaired) electrons. The summed E-state index contributed by atoms with van der Waals surface area (Å²) in [7, 11) is 1.47. The van der Waals surface area contributed by atoms with E-state index >= 15 is 0 Å². The maximum absolute atomic E-state index is 7.43. The van der Waals surface area contributed by atoms with Crippen LogP contribution in [0.2, 0.25) is 0 Å². The number of hydrogen-bond donors (Lipinski definition) is 1. The van der Waals surface area contributed by atoms with Gasteiger partial charge in [0.1, 0.15) is 10.5 Å². The van der Waals surface area contributed by atoms with Gasteiger partial charge in [0.25, 0.3) is 0 Å². The largest absolute Gasteiger partial charge is 0.480 e. The Hall–Kier alpha value is -1.42. The highest BCUT2D eigenvalue weighted by atomic mass is 32.1. The van der Waals surface area contributed by atoms with E-state index in [-0.39, 0.29) is 5.90 Å². The zero-order chi connectivity index (χ0) is 9.26. The van der Waals surface area contributed by atoms with Gasteiger partial charge in [0, 0.05) is 5.39 Å². The van der Waals surface area contributed by atoms with Crippen molar-refractivity contribution in [3.05, 3.63) is 29.3 Å². The molecule has 0 amide bonds. The average Bonchev–Trinajstić information content (AvgIpc) is 2.63. The summed E-state index contributed by atoms with van der Waals surface area (Å²) in [6.07, 6.45) is 0. The summed E-state index contributed by atoms with van der Waals surface area (Å²) in [4.78, 5) is 5.22. The molecule has 0 bridgehead atoms. The number of thiophene rings is 1. The molecule has 13 heavy (non-hydrogen) atoms. The van der Waals surface area contributed by atoms with Crippen LogP contribution in [0.5, 0.6) is 0 Å². The number of nitrogens with zero attached hydrogens (tertiary/aromatic N) is 1. The summed E-state index contributed by atoms with van der Waals surface area (Å²) in [6, 6.07) is 5.75. The fraction of sp³-hybridized carbons (Fsp3) is 0.111. The Kier molecular flexibility index (Phi) is 1.98. The van der Waals surface area contributed by atoms with Gasteiger partial charge in [-0.25, -0.2) is 4.98 Å². The zero-order valence-electron chi connectivity index (χ0n) is 7.07. The van der Waals surface area contributed by atoms with Gasteiger partial charge in [0.15, 0.2) is 0 Å². The SMILES string of the molecule is COC(=N)c1ccc2ccsc2n1. The molecule has 3 nitrogen and oxygen atoms in total. The van der Waals surface area contributed by atoms with Crippen molar-refractivity contribution < 1.29 is 4.74 Å². The topological polar surface area (TPSA) is 46.0 Å². The number of nitrogens with one attached hydrogen (secondary N) is 1. The first-order chi connectivity index (χ1) is 6.31. The molecular formula is C9H8N2OS. The van der Waals surface area contributed by atoms with Crippen molar-refractivity contribution in [1.29, 1.82) is 5.41 Å². The normalized spacial score (nSPS) is 10.2. The van der Waals surface area contributed by atoms with Gasteiger partial charge in [-0.15, -0.1) is 11.3 Å². The zero-order valence-corrected chi connectivity index (χ0v) is 7.89. The quantitative estimate of drug-likeness (QED) is 0.556. The monoisotopic (exact) mass is 192 g/mol. The van der Waals surface area contributed by atoms with Crippen LogP contribution in [-0.2, 0) is 4.74 Å². The van der Waals surface area contributed by atoms with E-state index in [9.17, 15) is 0 Å². The van der Waals surface area contributed by atoms with Gasteiger partial charge in [0.05, 0.1) is 7.11 Å². The van der Waals surface area contributed by atoms with Crippen LogP contribution in [0.4, 0.5) is 0 Å². The van der Waals surface area contributed by atoms with Crippen LogP contribution in [0.1, 0.15) is 5.69 Å². The molecule has 0 saturated heterocycles. The molecule has 66 valence electrons. The van der Waals surface area contributed by atoms with Crippen molar-refractivity contribution in [2.24, 2.45) is 0 Å². The third kappa shape index (κ3) is 1.40. The standard InChI is InChI=1S/C9H8N2OS/c1-12-8(10)7-3-2-6-4-5-13-9(6)11-7/h2-5,10H,1H3. The molecule has 0 saturated carbocycles. The Morgan fingerprint density at radius 2 is 2.31 bits per heavy atom. The smallest absolute Gasteiger partial charge is 0.232 e. The highest BCUT2D eigenvalue weighted by molar-refractivity contribution is 7.16. The minimum atomic E-state index is 0.107. The van der Waals surface area contributed by atoms with E-state index < -0.39 is 0 Å². The van der Waals surface area contributed by atoms with E-state index in [2.05, 4.69) is 4.98 Å². The van der Waals surface area contributed by atoms with Gasteiger partial charge in [-0.2, -0.15) is 0 Å². The fourth-order valence-corrected chi connectivity index (χ4v) is 1.84. The second-order valence-corrected chi connectivity index (χ2v) is 3.44. The van der Waals surface area contributed by atoms with Gasteiger partial charge >= 0.3 is 0 Å². The van der Waals surface area contributed by atoms with Crippen LogP contribution in [0, 0.1) is 5.41 Å². The van der Waals surface area contributed by atoms with Gasteiger partial charge < -0.3 is 4.74 Å². The summed E-state index contributed by atoms with van der Waals surface area (Å²) in [5.74, 6) is 0.107. The Morgan fingerprint density at radius 1 is 1.46 bits per heavy atom. The molecule has 0 spiro atoms. The first kappa shape index (κ1) is 8.19. The first-order valence-corrected chi connectivity index (χ1v) is 4.66. The van der Waals surface area contributed by atoms with Crippen LogP contribution in [0.15, 0.2) is 23.6 Å². The van der Waals surface area contributed by atoms with Crippen molar-refractivity contribution in [2.75, 3.05) is 7.11 Å². The fourth-order valence-electron chi connectivity index (χ4n) is 1.08. The Labute approximate surface area is 79.5 Å². The molecule has 0 unspecified atom stereocenters. The Bertz CT molecular complexity index is 450. The molecule has 0 atom stereocenters. The molecular weight excluding hydrogens is 184 g/mol. The lowest BCUT2D eigenvalue weighted by atomic mass is 10.3. The van der Waals surface area contributed by atoms with Crippen molar-refractivity contribution in [2.45, 2.75) is 0 Å². The van der Waals surface area contributed by atoms with Crippen molar-refractivity contribution in [3.8, 4) is 0 Å². The second kappa shape index (κ2) is 3.14. The lowest BCUT2D eigenvalue weighted by molar-refractivity contribution is 0.400. The average molecular weight is 192 g/mol. The van der Waals surface area contributed by atoms with Crippen LogP contribution in [0.3, 0.4) is 0 Å². The molecule has 2 aromatic heterocycles. The minimum absolute atomic E-state index is 0.107. The van der Waals surface area contributed by atoms with Crippen LogP contribution >= 0.6 is 11.3 Å². The predicted octanol–water partition coefficient (Wildman–Crippen LogP) is 2.27. The lowest BCUT2D eigenvalue weighted by Gasteiger charge is -2.00. The highest BCUT2D eigenvalue weighted by Gasteiger charge is 2.03. The molecule has 2 aromatic rings. The van der Waals surface area contributed by atoms with Gasteiger partial charge in [0.2, 0.25) is 5.90 Å². The molecule has 4 heteroatoms. The van der Waals surface area contributed by atoms with E-state index in [1.165, 1.54) is 7.11 Å². The van der Waals surface area contributed by atoms with Crippen LogP contribution in [-0.4, -0.2) is 18.0 Å². The van der Waals surface area contributed by atoms with E-state index in [1.54, 1.807) is 17.4 Å². The summed E-state index contributed by atoms with van der Waals surface area (Å²) in [5.41, 5.74) is 0.581. The number of fused-ring (bicyclic) bond motifs is 1. The maximum atomic E-state index is 7.43. The summed E-state index contributed by atoms with van der Waals surface area (Å²) in [5, 5.41) is 10.5. The lowest BCUT2D eigenvalue weighted by Crippen LogP contribution is -2.03. The third-order valence-corrected chi connectivity index (χ3v) is 2.58. The summed E-state index contributed by atoms with van der Waals surface area (Å²) in [6.45, 7) is 0. The molecule has 2 rings (SSSR count). The molecule has 0 aliphatic rings. The Balaban J connectivity index is 2.54. The van der Waals surface area contributed by atoms with E-state index in [1.807, 2.05) is 17.5 Å².